The highest BCUT2D eigenvalue weighted by molar-refractivity contribution is 5.88. The van der Waals surface area contributed by atoms with Crippen LogP contribution in [0, 0.1) is 0 Å². The first kappa shape index (κ1) is 15.8. The van der Waals surface area contributed by atoms with Gasteiger partial charge in [0.15, 0.2) is 0 Å². The third-order valence-corrected chi connectivity index (χ3v) is 3.71. The van der Waals surface area contributed by atoms with Gasteiger partial charge >= 0.3 is 5.97 Å². The van der Waals surface area contributed by atoms with Crippen molar-refractivity contribution in [1.82, 2.24) is 4.98 Å². The van der Waals surface area contributed by atoms with Crippen LogP contribution in [0.4, 0.5) is 5.82 Å². The van der Waals surface area contributed by atoms with Crippen LogP contribution in [0.15, 0.2) is 12.1 Å². The van der Waals surface area contributed by atoms with E-state index in [0.717, 1.165) is 25.1 Å². The minimum Gasteiger partial charge on any atom is -0.478 e. The number of hydrogen-bond donors (Lipinski definition) is 2. The molecule has 0 aromatic carbocycles. The van der Waals surface area contributed by atoms with Crippen LogP contribution in [0.3, 0.4) is 0 Å². The summed E-state index contributed by atoms with van der Waals surface area (Å²) in [5.41, 5.74) is 0.631. The van der Waals surface area contributed by atoms with Gasteiger partial charge in [-0.2, -0.15) is 0 Å². The maximum Gasteiger partial charge on any atom is 0.335 e. The molecule has 0 aliphatic carbocycles. The summed E-state index contributed by atoms with van der Waals surface area (Å²) < 4.78 is 5.53. The lowest BCUT2D eigenvalue weighted by atomic mass is 9.90. The van der Waals surface area contributed by atoms with Gasteiger partial charge in [0.2, 0.25) is 0 Å². The molecule has 0 saturated carbocycles. The van der Waals surface area contributed by atoms with E-state index in [0.29, 0.717) is 12.4 Å². The van der Waals surface area contributed by atoms with Crippen molar-refractivity contribution in [1.29, 1.82) is 0 Å². The zero-order chi connectivity index (χ0) is 15.7. The van der Waals surface area contributed by atoms with E-state index < -0.39 is 5.97 Å². The number of carboxylic acids is 1. The number of ether oxygens (including phenoxy) is 1. The van der Waals surface area contributed by atoms with Gasteiger partial charge in [-0.1, -0.05) is 20.8 Å². The fourth-order valence-corrected chi connectivity index (χ4v) is 2.44. The largest absolute Gasteiger partial charge is 0.478 e. The second kappa shape index (κ2) is 5.64. The molecule has 5 nitrogen and oxygen atoms in total. The Balaban J connectivity index is 2.34. The number of nitrogens with zero attached hydrogens (tertiary/aromatic N) is 1. The molecule has 1 aliphatic rings. The zero-order valence-corrected chi connectivity index (χ0v) is 13.2. The molecule has 1 aliphatic heterocycles. The van der Waals surface area contributed by atoms with Crippen molar-refractivity contribution < 1.29 is 14.6 Å². The molecule has 0 spiro atoms. The van der Waals surface area contributed by atoms with Crippen LogP contribution in [0.25, 0.3) is 0 Å². The number of pyridine rings is 1. The first-order chi connectivity index (χ1) is 9.70. The molecule has 1 fully saturated rings. The van der Waals surface area contributed by atoms with Gasteiger partial charge in [0, 0.05) is 17.7 Å². The van der Waals surface area contributed by atoms with Gasteiger partial charge in [-0.25, -0.2) is 9.78 Å². The molecule has 1 aromatic rings. The van der Waals surface area contributed by atoms with Crippen LogP contribution in [-0.4, -0.2) is 34.8 Å². The minimum atomic E-state index is -0.934. The fraction of sp³-hybridized carbons (Fsp3) is 0.625. The van der Waals surface area contributed by atoms with E-state index in [9.17, 15) is 9.90 Å². The number of aromatic carboxylic acids is 1. The summed E-state index contributed by atoms with van der Waals surface area (Å²) in [6, 6.07) is 3.24. The summed E-state index contributed by atoms with van der Waals surface area (Å²) in [5.74, 6) is -0.330. The van der Waals surface area contributed by atoms with E-state index in [-0.39, 0.29) is 16.5 Å². The fourth-order valence-electron chi connectivity index (χ4n) is 2.44. The van der Waals surface area contributed by atoms with Crippen LogP contribution in [-0.2, 0) is 10.2 Å². The summed E-state index contributed by atoms with van der Waals surface area (Å²) >= 11 is 0. The summed E-state index contributed by atoms with van der Waals surface area (Å²) in [7, 11) is 0. The minimum absolute atomic E-state index is 0.197. The van der Waals surface area contributed by atoms with Crippen molar-refractivity contribution in [2.24, 2.45) is 0 Å². The van der Waals surface area contributed by atoms with E-state index in [2.05, 4.69) is 17.2 Å². The van der Waals surface area contributed by atoms with Crippen LogP contribution < -0.4 is 5.32 Å². The molecule has 0 bridgehead atoms. The average molecular weight is 292 g/mol. The monoisotopic (exact) mass is 292 g/mol. The molecule has 5 heteroatoms. The summed E-state index contributed by atoms with van der Waals surface area (Å²) in [6.45, 7) is 9.55. The first-order valence-electron chi connectivity index (χ1n) is 7.31. The van der Waals surface area contributed by atoms with Crippen LogP contribution in [0.5, 0.6) is 0 Å². The highest BCUT2D eigenvalue weighted by atomic mass is 16.5. The lowest BCUT2D eigenvalue weighted by molar-refractivity contribution is 0.0538. The molecular formula is C16H24N2O3. The highest BCUT2D eigenvalue weighted by Crippen LogP contribution is 2.27. The first-order valence-corrected chi connectivity index (χ1v) is 7.31. The van der Waals surface area contributed by atoms with Crippen LogP contribution >= 0.6 is 0 Å². The van der Waals surface area contributed by atoms with Gasteiger partial charge < -0.3 is 15.2 Å². The Hall–Kier alpha value is -1.62. The van der Waals surface area contributed by atoms with E-state index >= 15 is 0 Å². The Morgan fingerprint density at radius 3 is 2.67 bits per heavy atom. The van der Waals surface area contributed by atoms with Crippen LogP contribution in [0.1, 0.15) is 56.6 Å². The van der Waals surface area contributed by atoms with E-state index in [1.165, 1.54) is 0 Å². The Kier molecular flexibility index (Phi) is 4.23. The third kappa shape index (κ3) is 3.94. The van der Waals surface area contributed by atoms with E-state index in [1.54, 1.807) is 12.1 Å². The number of nitrogens with one attached hydrogen (secondary N) is 1. The third-order valence-electron chi connectivity index (χ3n) is 3.71. The molecule has 116 valence electrons. The molecule has 2 N–H and O–H groups in total. The summed E-state index contributed by atoms with van der Waals surface area (Å²) in [4.78, 5) is 15.9. The zero-order valence-electron chi connectivity index (χ0n) is 13.2. The van der Waals surface area contributed by atoms with Crippen molar-refractivity contribution in [3.8, 4) is 0 Å². The van der Waals surface area contributed by atoms with Crippen molar-refractivity contribution in [3.05, 3.63) is 23.4 Å². The smallest absolute Gasteiger partial charge is 0.335 e. The molecule has 21 heavy (non-hydrogen) atoms. The topological polar surface area (TPSA) is 71.5 Å². The van der Waals surface area contributed by atoms with E-state index in [4.69, 9.17) is 4.74 Å². The Morgan fingerprint density at radius 1 is 1.43 bits per heavy atom. The number of hydrogen-bond acceptors (Lipinski definition) is 4. The van der Waals surface area contributed by atoms with Crippen molar-refractivity contribution in [2.45, 2.75) is 51.5 Å². The van der Waals surface area contributed by atoms with Gasteiger partial charge in [-0.05, 0) is 31.9 Å². The molecular weight excluding hydrogens is 268 g/mol. The molecule has 1 unspecified atom stereocenters. The SMILES string of the molecule is CC1(Nc2cc(C(=O)O)cc(C(C)(C)C)n2)CCCOC1. The number of carbonyl (C=O) groups is 1. The molecule has 2 rings (SSSR count). The Bertz CT molecular complexity index is 529. The normalized spacial score (nSPS) is 22.9. The average Bonchev–Trinajstić information content (AvgIpc) is 2.37. The van der Waals surface area contributed by atoms with E-state index in [1.807, 2.05) is 20.8 Å². The molecule has 1 aromatic heterocycles. The quantitative estimate of drug-likeness (QED) is 0.896. The molecule has 1 atom stereocenters. The molecule has 0 radical (unpaired) electrons. The highest BCUT2D eigenvalue weighted by Gasteiger charge is 2.29. The predicted octanol–water partition coefficient (Wildman–Crippen LogP) is 3.06. The number of rotatable bonds is 3. The number of aromatic nitrogens is 1. The van der Waals surface area contributed by atoms with Gasteiger partial charge in [0.05, 0.1) is 17.7 Å². The van der Waals surface area contributed by atoms with Crippen molar-refractivity contribution in [2.75, 3.05) is 18.5 Å². The van der Waals surface area contributed by atoms with Crippen molar-refractivity contribution >= 4 is 11.8 Å². The van der Waals surface area contributed by atoms with Crippen LogP contribution in [0.2, 0.25) is 0 Å². The second-order valence-corrected chi connectivity index (χ2v) is 7.02. The van der Waals surface area contributed by atoms with Gasteiger partial charge in [-0.3, -0.25) is 0 Å². The van der Waals surface area contributed by atoms with Gasteiger partial charge in [0.25, 0.3) is 0 Å². The Morgan fingerprint density at radius 2 is 2.14 bits per heavy atom. The molecule has 1 saturated heterocycles. The second-order valence-electron chi connectivity index (χ2n) is 7.02. The van der Waals surface area contributed by atoms with Gasteiger partial charge in [-0.15, -0.1) is 0 Å². The maximum absolute atomic E-state index is 11.3. The molecule has 2 heterocycles. The standard InChI is InChI=1S/C16H24N2O3/c1-15(2,3)12-8-11(14(19)20)9-13(17-12)18-16(4)6-5-7-21-10-16/h8-9H,5-7,10H2,1-4H3,(H,17,18)(H,19,20). The summed E-state index contributed by atoms with van der Waals surface area (Å²) in [6.07, 6.45) is 1.98. The lowest BCUT2D eigenvalue weighted by Gasteiger charge is -2.35. The van der Waals surface area contributed by atoms with Crippen molar-refractivity contribution in [3.63, 3.8) is 0 Å². The summed E-state index contributed by atoms with van der Waals surface area (Å²) in [5, 5.41) is 12.7. The maximum atomic E-state index is 11.3. The molecule has 0 amide bonds. The Labute approximate surface area is 125 Å². The lowest BCUT2D eigenvalue weighted by Crippen LogP contribution is -2.43. The number of carboxylic acid groups (broad SMARTS) is 1. The number of anilines is 1. The van der Waals surface area contributed by atoms with Gasteiger partial charge in [0.1, 0.15) is 5.82 Å². The predicted molar refractivity (Wildman–Crippen MR) is 82.0 cm³/mol.